The van der Waals surface area contributed by atoms with Crippen LogP contribution >= 0.6 is 0 Å². The van der Waals surface area contributed by atoms with Gasteiger partial charge in [0.2, 0.25) is 0 Å². The lowest BCUT2D eigenvalue weighted by molar-refractivity contribution is -0.137. The second-order valence-corrected chi connectivity index (χ2v) is 3.96. The Balaban J connectivity index is 2.08. The van der Waals surface area contributed by atoms with Gasteiger partial charge in [-0.1, -0.05) is 18.2 Å². The average molecular weight is 237 g/mol. The van der Waals surface area contributed by atoms with E-state index < -0.39 is 5.97 Å². The van der Waals surface area contributed by atoms with Gasteiger partial charge >= 0.3 is 5.97 Å². The molecular weight excluding hydrogens is 218 g/mol. The Hall–Kier alpha value is -1.55. The smallest absolute Gasteiger partial charge is 0.303 e. The van der Waals surface area contributed by atoms with Crippen molar-refractivity contribution in [1.82, 2.24) is 4.90 Å². The van der Waals surface area contributed by atoms with E-state index in [0.29, 0.717) is 13.0 Å². The van der Waals surface area contributed by atoms with Crippen LogP contribution in [0.15, 0.2) is 30.3 Å². The number of para-hydroxylation sites is 1. The summed E-state index contributed by atoms with van der Waals surface area (Å²) in [5.41, 5.74) is 0. The van der Waals surface area contributed by atoms with E-state index in [1.165, 1.54) is 0 Å². The number of carboxylic acid groups (broad SMARTS) is 1. The van der Waals surface area contributed by atoms with Crippen LogP contribution < -0.4 is 4.74 Å². The third kappa shape index (κ3) is 6.58. The van der Waals surface area contributed by atoms with Crippen molar-refractivity contribution in [3.63, 3.8) is 0 Å². The molecule has 1 N–H and O–H groups in total. The van der Waals surface area contributed by atoms with Gasteiger partial charge in [0.25, 0.3) is 0 Å². The Morgan fingerprint density at radius 3 is 2.65 bits per heavy atom. The predicted octanol–water partition coefficient (Wildman–Crippen LogP) is 1.86. The summed E-state index contributed by atoms with van der Waals surface area (Å²) < 4.78 is 5.55. The van der Waals surface area contributed by atoms with Gasteiger partial charge in [-0.15, -0.1) is 0 Å². The Labute approximate surface area is 102 Å². The lowest BCUT2D eigenvalue weighted by Gasteiger charge is -2.16. The number of nitrogens with zero attached hydrogens (tertiary/aromatic N) is 1. The average Bonchev–Trinajstić information content (AvgIpc) is 2.30. The molecule has 4 nitrogen and oxygen atoms in total. The first kappa shape index (κ1) is 13.5. The number of ether oxygens (including phenoxy) is 1. The minimum atomic E-state index is -0.737. The van der Waals surface area contributed by atoms with Crippen LogP contribution in [0.5, 0.6) is 5.75 Å². The van der Waals surface area contributed by atoms with Crippen LogP contribution in [0.2, 0.25) is 0 Å². The Morgan fingerprint density at radius 2 is 2.00 bits per heavy atom. The summed E-state index contributed by atoms with van der Waals surface area (Å²) in [7, 11) is 1.97. The molecule has 0 radical (unpaired) electrons. The third-order valence-corrected chi connectivity index (χ3v) is 2.42. The first-order valence-electron chi connectivity index (χ1n) is 5.76. The maximum Gasteiger partial charge on any atom is 0.303 e. The molecule has 1 rings (SSSR count). The van der Waals surface area contributed by atoms with Gasteiger partial charge in [0.15, 0.2) is 0 Å². The molecule has 17 heavy (non-hydrogen) atoms. The van der Waals surface area contributed by atoms with Gasteiger partial charge in [-0.2, -0.15) is 0 Å². The topological polar surface area (TPSA) is 49.8 Å². The van der Waals surface area contributed by atoms with E-state index in [1.807, 2.05) is 37.4 Å². The number of carbonyl (C=O) groups is 1. The van der Waals surface area contributed by atoms with Gasteiger partial charge in [-0.25, -0.2) is 0 Å². The Bertz CT molecular complexity index is 327. The van der Waals surface area contributed by atoms with Crippen LogP contribution in [-0.4, -0.2) is 42.7 Å². The maximum absolute atomic E-state index is 10.3. The summed E-state index contributed by atoms with van der Waals surface area (Å²) in [6.07, 6.45) is 0.904. The minimum Gasteiger partial charge on any atom is -0.492 e. The van der Waals surface area contributed by atoms with E-state index in [2.05, 4.69) is 4.90 Å². The summed E-state index contributed by atoms with van der Waals surface area (Å²) in [6.45, 7) is 2.20. The molecule has 94 valence electrons. The number of hydrogen-bond acceptors (Lipinski definition) is 3. The number of hydrogen-bond donors (Lipinski definition) is 1. The molecule has 0 bridgehead atoms. The van der Waals surface area contributed by atoms with Crippen LogP contribution in [0.1, 0.15) is 12.8 Å². The maximum atomic E-state index is 10.3. The van der Waals surface area contributed by atoms with Gasteiger partial charge in [-0.3, -0.25) is 4.79 Å². The zero-order valence-corrected chi connectivity index (χ0v) is 10.1. The highest BCUT2D eigenvalue weighted by Crippen LogP contribution is 2.07. The van der Waals surface area contributed by atoms with Gasteiger partial charge < -0.3 is 14.7 Å². The fourth-order valence-electron chi connectivity index (χ4n) is 1.45. The summed E-state index contributed by atoms with van der Waals surface area (Å²) in [5.74, 6) is 0.130. The molecule has 1 aromatic rings. The molecule has 4 heteroatoms. The van der Waals surface area contributed by atoms with Crippen molar-refractivity contribution < 1.29 is 14.6 Å². The normalized spacial score (nSPS) is 10.5. The molecule has 0 aromatic heterocycles. The van der Waals surface area contributed by atoms with Crippen LogP contribution in [0.25, 0.3) is 0 Å². The van der Waals surface area contributed by atoms with Crippen LogP contribution in [0.3, 0.4) is 0 Å². The largest absolute Gasteiger partial charge is 0.492 e. The van der Waals surface area contributed by atoms with E-state index in [4.69, 9.17) is 9.84 Å². The second-order valence-electron chi connectivity index (χ2n) is 3.96. The summed E-state index contributed by atoms with van der Waals surface area (Å²) in [4.78, 5) is 12.4. The van der Waals surface area contributed by atoms with E-state index in [1.54, 1.807) is 0 Å². The molecule has 0 fully saturated rings. The number of carboxylic acids is 1. The molecule has 0 unspecified atom stereocenters. The first-order valence-corrected chi connectivity index (χ1v) is 5.76. The molecule has 0 atom stereocenters. The van der Waals surface area contributed by atoms with Crippen molar-refractivity contribution in [2.24, 2.45) is 0 Å². The van der Waals surface area contributed by atoms with Gasteiger partial charge in [-0.05, 0) is 32.1 Å². The molecule has 0 aliphatic rings. The van der Waals surface area contributed by atoms with Crippen LogP contribution in [0, 0.1) is 0 Å². The second kappa shape index (κ2) is 7.68. The number of aliphatic carboxylic acids is 1. The van der Waals surface area contributed by atoms with Gasteiger partial charge in [0.1, 0.15) is 12.4 Å². The zero-order chi connectivity index (χ0) is 12.5. The number of likely N-dealkylation sites (N-methyl/N-ethyl adjacent to an activating group) is 1. The van der Waals surface area contributed by atoms with Gasteiger partial charge in [0, 0.05) is 13.0 Å². The summed E-state index contributed by atoms with van der Waals surface area (Å²) in [5, 5.41) is 8.51. The highest BCUT2D eigenvalue weighted by atomic mass is 16.5. The molecule has 1 aromatic carbocycles. The molecular formula is C13H19NO3. The van der Waals surface area contributed by atoms with Crippen LogP contribution in [0.4, 0.5) is 0 Å². The summed E-state index contributed by atoms with van der Waals surface area (Å²) in [6, 6.07) is 9.66. The fraction of sp³-hybridized carbons (Fsp3) is 0.462. The highest BCUT2D eigenvalue weighted by molar-refractivity contribution is 5.66. The monoisotopic (exact) mass is 237 g/mol. The highest BCUT2D eigenvalue weighted by Gasteiger charge is 2.01. The molecule has 0 heterocycles. The first-order chi connectivity index (χ1) is 8.18. The van der Waals surface area contributed by atoms with Crippen molar-refractivity contribution in [1.29, 1.82) is 0 Å². The van der Waals surface area contributed by atoms with E-state index in [-0.39, 0.29) is 6.42 Å². The zero-order valence-electron chi connectivity index (χ0n) is 10.1. The van der Waals surface area contributed by atoms with E-state index in [9.17, 15) is 4.79 Å². The van der Waals surface area contributed by atoms with Gasteiger partial charge in [0.05, 0.1) is 0 Å². The number of rotatable bonds is 8. The van der Waals surface area contributed by atoms with Crippen molar-refractivity contribution in [2.45, 2.75) is 12.8 Å². The molecule has 0 saturated heterocycles. The summed E-state index contributed by atoms with van der Waals surface area (Å²) >= 11 is 0. The number of benzene rings is 1. The standard InChI is InChI=1S/C13H19NO3/c1-14(9-5-8-13(15)16)10-11-17-12-6-3-2-4-7-12/h2-4,6-7H,5,8-11H2,1H3,(H,15,16). The van der Waals surface area contributed by atoms with Crippen molar-refractivity contribution >= 4 is 5.97 Å². The van der Waals surface area contributed by atoms with E-state index >= 15 is 0 Å². The lowest BCUT2D eigenvalue weighted by Crippen LogP contribution is -2.25. The fourth-order valence-corrected chi connectivity index (χ4v) is 1.45. The van der Waals surface area contributed by atoms with Crippen molar-refractivity contribution in [3.8, 4) is 5.75 Å². The van der Waals surface area contributed by atoms with E-state index in [0.717, 1.165) is 18.8 Å². The Morgan fingerprint density at radius 1 is 1.29 bits per heavy atom. The lowest BCUT2D eigenvalue weighted by atomic mass is 10.3. The third-order valence-electron chi connectivity index (χ3n) is 2.42. The van der Waals surface area contributed by atoms with Crippen LogP contribution in [-0.2, 0) is 4.79 Å². The predicted molar refractivity (Wildman–Crippen MR) is 66.3 cm³/mol. The quantitative estimate of drug-likeness (QED) is 0.749. The molecule has 0 amide bonds. The molecule has 0 aliphatic heterocycles. The molecule has 0 saturated carbocycles. The SMILES string of the molecule is CN(CCCC(=O)O)CCOc1ccccc1. The van der Waals surface area contributed by atoms with Crippen molar-refractivity contribution in [3.05, 3.63) is 30.3 Å². The van der Waals surface area contributed by atoms with Crippen molar-refractivity contribution in [2.75, 3.05) is 26.7 Å². The Kier molecular flexibility index (Phi) is 6.10. The molecule has 0 spiro atoms. The molecule has 0 aliphatic carbocycles. The minimum absolute atomic E-state index is 0.226.